The second-order valence-corrected chi connectivity index (χ2v) is 7.10. The Morgan fingerprint density at radius 3 is 2.03 bits per heavy atom. The van der Waals surface area contributed by atoms with Gasteiger partial charge in [0.25, 0.3) is 0 Å². The van der Waals surface area contributed by atoms with Crippen LogP contribution in [0, 0.1) is 13.8 Å². The zero-order valence-electron chi connectivity index (χ0n) is 17.3. The van der Waals surface area contributed by atoms with Crippen LogP contribution in [0.4, 0.5) is 0 Å². The molecule has 2 atom stereocenters. The van der Waals surface area contributed by atoms with E-state index >= 15 is 0 Å². The third-order valence-corrected chi connectivity index (χ3v) is 4.83. The molecule has 0 unspecified atom stereocenters. The van der Waals surface area contributed by atoms with Gasteiger partial charge in [-0.05, 0) is 36.1 Å². The van der Waals surface area contributed by atoms with E-state index in [9.17, 15) is 14.4 Å². The highest BCUT2D eigenvalue weighted by molar-refractivity contribution is 5.90. The topological polar surface area (TPSA) is 84.5 Å². The number of benzene rings is 2. The maximum absolute atomic E-state index is 12.9. The van der Waals surface area contributed by atoms with Gasteiger partial charge in [0.2, 0.25) is 11.8 Å². The van der Waals surface area contributed by atoms with E-state index in [1.54, 1.807) is 0 Å². The van der Waals surface area contributed by atoms with E-state index in [4.69, 9.17) is 4.74 Å². The average molecular weight is 396 g/mol. The lowest BCUT2D eigenvalue weighted by atomic mass is 9.96. The lowest BCUT2D eigenvalue weighted by molar-refractivity contribution is -0.145. The second-order valence-electron chi connectivity index (χ2n) is 7.10. The Morgan fingerprint density at radius 1 is 0.862 bits per heavy atom. The van der Waals surface area contributed by atoms with Crippen LogP contribution < -0.4 is 10.6 Å². The standard InChI is InChI=1S/C23H28N2O4/c1-15-9-8-10-16(2)19(15)14-21(23(28)29-4)25-22(27)20(24-17(3)26)13-18-11-6-5-7-12-18/h5-12,20-21H,13-14H2,1-4H3,(H,24,26)(H,25,27)/t20-,21+/m1/s1. The van der Waals surface area contributed by atoms with Gasteiger partial charge in [-0.2, -0.15) is 0 Å². The van der Waals surface area contributed by atoms with Gasteiger partial charge in [-0.25, -0.2) is 4.79 Å². The molecule has 6 heteroatoms. The number of carbonyl (C=O) groups excluding carboxylic acids is 3. The van der Waals surface area contributed by atoms with Crippen molar-refractivity contribution in [1.29, 1.82) is 0 Å². The molecule has 0 aliphatic carbocycles. The van der Waals surface area contributed by atoms with Crippen LogP contribution >= 0.6 is 0 Å². The molecule has 0 bridgehead atoms. The van der Waals surface area contributed by atoms with E-state index in [0.717, 1.165) is 22.3 Å². The summed E-state index contributed by atoms with van der Waals surface area (Å²) >= 11 is 0. The molecule has 2 rings (SSSR count). The second kappa shape index (κ2) is 10.4. The summed E-state index contributed by atoms with van der Waals surface area (Å²) in [4.78, 5) is 36.9. The molecular formula is C23H28N2O4. The molecule has 0 fully saturated rings. The zero-order chi connectivity index (χ0) is 21.4. The zero-order valence-corrected chi connectivity index (χ0v) is 17.3. The molecule has 0 spiro atoms. The quantitative estimate of drug-likeness (QED) is 0.671. The van der Waals surface area contributed by atoms with Crippen LogP contribution in [0.5, 0.6) is 0 Å². The van der Waals surface area contributed by atoms with Crippen molar-refractivity contribution in [1.82, 2.24) is 10.6 Å². The molecule has 0 aliphatic heterocycles. The number of hydrogen-bond donors (Lipinski definition) is 2. The molecular weight excluding hydrogens is 368 g/mol. The molecule has 2 N–H and O–H groups in total. The first-order valence-electron chi connectivity index (χ1n) is 9.56. The predicted octanol–water partition coefficient (Wildman–Crippen LogP) is 2.25. The predicted molar refractivity (Wildman–Crippen MR) is 111 cm³/mol. The van der Waals surface area contributed by atoms with Gasteiger partial charge in [0.1, 0.15) is 12.1 Å². The maximum Gasteiger partial charge on any atom is 0.328 e. The fourth-order valence-electron chi connectivity index (χ4n) is 3.29. The molecule has 0 aromatic heterocycles. The van der Waals surface area contributed by atoms with E-state index in [-0.39, 0.29) is 5.91 Å². The summed E-state index contributed by atoms with van der Waals surface area (Å²) in [6, 6.07) is 13.6. The largest absolute Gasteiger partial charge is 0.467 e. The smallest absolute Gasteiger partial charge is 0.328 e. The van der Waals surface area contributed by atoms with Gasteiger partial charge in [0.15, 0.2) is 0 Å². The first-order valence-corrected chi connectivity index (χ1v) is 9.56. The van der Waals surface area contributed by atoms with Crippen LogP contribution in [0.2, 0.25) is 0 Å². The van der Waals surface area contributed by atoms with Gasteiger partial charge in [-0.3, -0.25) is 9.59 Å². The van der Waals surface area contributed by atoms with E-state index in [0.29, 0.717) is 12.8 Å². The van der Waals surface area contributed by atoms with E-state index in [1.165, 1.54) is 14.0 Å². The Labute approximate surface area is 171 Å². The van der Waals surface area contributed by atoms with Crippen LogP contribution in [0.3, 0.4) is 0 Å². The van der Waals surface area contributed by atoms with Gasteiger partial charge < -0.3 is 15.4 Å². The summed E-state index contributed by atoms with van der Waals surface area (Å²) in [5.74, 6) is -1.27. The minimum Gasteiger partial charge on any atom is -0.467 e. The number of carbonyl (C=O) groups is 3. The highest BCUT2D eigenvalue weighted by Gasteiger charge is 2.28. The van der Waals surface area contributed by atoms with Crippen molar-refractivity contribution in [2.45, 2.75) is 45.7 Å². The number of amides is 2. The summed E-state index contributed by atoms with van der Waals surface area (Å²) in [5, 5.41) is 5.44. The average Bonchev–Trinajstić information content (AvgIpc) is 2.69. The van der Waals surface area contributed by atoms with Crippen molar-refractivity contribution < 1.29 is 19.1 Å². The maximum atomic E-state index is 12.9. The van der Waals surface area contributed by atoms with Crippen LogP contribution in [0.15, 0.2) is 48.5 Å². The third-order valence-electron chi connectivity index (χ3n) is 4.83. The number of hydrogen-bond acceptors (Lipinski definition) is 4. The lowest BCUT2D eigenvalue weighted by Crippen LogP contribution is -2.53. The summed E-state index contributed by atoms with van der Waals surface area (Å²) in [6.07, 6.45) is 0.637. The minimum atomic E-state index is -0.848. The highest BCUT2D eigenvalue weighted by Crippen LogP contribution is 2.16. The SMILES string of the molecule is COC(=O)[C@H](Cc1c(C)cccc1C)NC(=O)[C@@H](Cc1ccccc1)NC(C)=O. The molecule has 0 saturated carbocycles. The van der Waals surface area contributed by atoms with Crippen molar-refractivity contribution in [3.8, 4) is 0 Å². The lowest BCUT2D eigenvalue weighted by Gasteiger charge is -2.23. The minimum absolute atomic E-state index is 0.314. The van der Waals surface area contributed by atoms with Crippen molar-refractivity contribution in [3.05, 3.63) is 70.8 Å². The molecule has 2 aromatic rings. The number of nitrogens with one attached hydrogen (secondary N) is 2. The molecule has 2 aromatic carbocycles. The molecule has 0 aliphatic rings. The molecule has 0 radical (unpaired) electrons. The van der Waals surface area contributed by atoms with Crippen molar-refractivity contribution in [2.24, 2.45) is 0 Å². The Hall–Kier alpha value is -3.15. The molecule has 154 valence electrons. The Morgan fingerprint density at radius 2 is 1.48 bits per heavy atom. The van der Waals surface area contributed by atoms with Crippen LogP contribution in [0.1, 0.15) is 29.2 Å². The van der Waals surface area contributed by atoms with Gasteiger partial charge in [0.05, 0.1) is 7.11 Å². The van der Waals surface area contributed by atoms with Crippen LogP contribution in [0.25, 0.3) is 0 Å². The van der Waals surface area contributed by atoms with Crippen LogP contribution in [-0.4, -0.2) is 37.0 Å². The van der Waals surface area contributed by atoms with E-state index in [1.807, 2.05) is 62.4 Å². The van der Waals surface area contributed by atoms with Gasteiger partial charge in [-0.1, -0.05) is 48.5 Å². The van der Waals surface area contributed by atoms with E-state index in [2.05, 4.69) is 10.6 Å². The number of aryl methyl sites for hydroxylation is 2. The fraction of sp³-hybridized carbons (Fsp3) is 0.348. The molecule has 6 nitrogen and oxygen atoms in total. The highest BCUT2D eigenvalue weighted by atomic mass is 16.5. The Bertz CT molecular complexity index is 844. The first kappa shape index (κ1) is 22.1. The van der Waals surface area contributed by atoms with Crippen molar-refractivity contribution in [3.63, 3.8) is 0 Å². The van der Waals surface area contributed by atoms with Gasteiger partial charge in [0, 0.05) is 19.8 Å². The summed E-state index contributed by atoms with van der Waals surface area (Å²) in [5.41, 5.74) is 3.97. The van der Waals surface area contributed by atoms with Crippen molar-refractivity contribution >= 4 is 17.8 Å². The summed E-state index contributed by atoms with van der Waals surface area (Å²) in [7, 11) is 1.29. The van der Waals surface area contributed by atoms with Crippen LogP contribution in [-0.2, 0) is 32.0 Å². The van der Waals surface area contributed by atoms with Gasteiger partial charge >= 0.3 is 5.97 Å². The third kappa shape index (κ3) is 6.45. The Kier molecular flexibility index (Phi) is 7.95. The normalized spacial score (nSPS) is 12.6. The number of ether oxygens (including phenoxy) is 1. The fourth-order valence-corrected chi connectivity index (χ4v) is 3.29. The van der Waals surface area contributed by atoms with Crippen molar-refractivity contribution in [2.75, 3.05) is 7.11 Å². The monoisotopic (exact) mass is 396 g/mol. The number of esters is 1. The first-order chi connectivity index (χ1) is 13.8. The molecule has 0 saturated heterocycles. The number of methoxy groups -OCH3 is 1. The Balaban J connectivity index is 2.21. The molecule has 29 heavy (non-hydrogen) atoms. The van der Waals surface area contributed by atoms with Gasteiger partial charge in [-0.15, -0.1) is 0 Å². The number of rotatable bonds is 8. The molecule has 0 heterocycles. The van der Waals surface area contributed by atoms with E-state index < -0.39 is 24.0 Å². The summed E-state index contributed by atoms with van der Waals surface area (Å²) < 4.78 is 4.90. The summed E-state index contributed by atoms with van der Waals surface area (Å²) in [6.45, 7) is 5.29. The molecule has 2 amide bonds.